The maximum atomic E-state index is 13.0. The van der Waals surface area contributed by atoms with E-state index in [2.05, 4.69) is 0 Å². The summed E-state index contributed by atoms with van der Waals surface area (Å²) >= 11 is 0. The second-order valence-corrected chi connectivity index (χ2v) is 6.04. The first-order chi connectivity index (χ1) is 10.5. The van der Waals surface area contributed by atoms with Crippen molar-refractivity contribution in [3.05, 3.63) is 0 Å². The number of alkyl halides is 13. The van der Waals surface area contributed by atoms with Crippen LogP contribution < -0.4 is 29.6 Å². The molecular weight excluding hydrogens is 447 g/mol. The van der Waals surface area contributed by atoms with Crippen LogP contribution in [0, 0.1) is 0 Å². The van der Waals surface area contributed by atoms with Crippen LogP contribution in [0.2, 0.25) is 0 Å². The number of hydrogen-bond donors (Lipinski definition) is 0. The fraction of sp³-hybridized carbons (Fsp3) is 1.00. The van der Waals surface area contributed by atoms with Gasteiger partial charge >= 0.3 is 65.3 Å². The van der Waals surface area contributed by atoms with E-state index >= 15 is 0 Å². The molecule has 152 valence electrons. The predicted molar refractivity (Wildman–Crippen MR) is 50.0 cm³/mol. The van der Waals surface area contributed by atoms with Crippen molar-refractivity contribution < 1.29 is 99.6 Å². The van der Waals surface area contributed by atoms with Crippen molar-refractivity contribution >= 4 is 10.1 Å². The summed E-state index contributed by atoms with van der Waals surface area (Å²) in [5, 5.41) is 0. The topological polar surface area (TPSA) is 57.2 Å². The van der Waals surface area contributed by atoms with Crippen molar-refractivity contribution in [1.82, 2.24) is 0 Å². The van der Waals surface area contributed by atoms with E-state index < -0.39 is 58.1 Å². The van der Waals surface area contributed by atoms with E-state index in [1.165, 1.54) is 0 Å². The fourth-order valence-electron chi connectivity index (χ4n) is 1.21. The fourth-order valence-corrected chi connectivity index (χ4v) is 1.72. The third kappa shape index (κ3) is 4.70. The van der Waals surface area contributed by atoms with Crippen LogP contribution in [0.1, 0.15) is 6.42 Å². The summed E-state index contributed by atoms with van der Waals surface area (Å²) in [4.78, 5) is 0. The van der Waals surface area contributed by atoms with Crippen LogP contribution in [-0.2, 0) is 10.1 Å². The van der Waals surface area contributed by atoms with Crippen LogP contribution in [0.4, 0.5) is 57.1 Å². The minimum atomic E-state index is -8.05. The van der Waals surface area contributed by atoms with Gasteiger partial charge in [0.05, 0.1) is 10.1 Å². The van der Waals surface area contributed by atoms with Gasteiger partial charge in [-0.1, -0.05) is 0 Å². The predicted octanol–water partition coefficient (Wildman–Crippen LogP) is 0.664. The number of rotatable bonds is 7. The average Bonchev–Trinajstić information content (AvgIpc) is 2.33. The molecule has 0 aliphatic rings. The zero-order chi connectivity index (χ0) is 20.9. The largest absolute Gasteiger partial charge is 1.00 e. The van der Waals surface area contributed by atoms with Crippen LogP contribution in [0.5, 0.6) is 0 Å². The van der Waals surface area contributed by atoms with Crippen molar-refractivity contribution in [1.29, 1.82) is 0 Å². The van der Waals surface area contributed by atoms with Crippen molar-refractivity contribution in [3.63, 3.8) is 0 Å². The first-order valence-electron chi connectivity index (χ1n) is 5.35. The van der Waals surface area contributed by atoms with Gasteiger partial charge in [-0.2, -0.15) is 57.1 Å². The molecule has 18 heteroatoms. The second kappa shape index (κ2) is 7.44. The summed E-state index contributed by atoms with van der Waals surface area (Å²) in [5.74, 6) is -40.6. The Bertz CT molecular complexity index is 597. The minimum absolute atomic E-state index is 0. The van der Waals surface area contributed by atoms with Crippen molar-refractivity contribution in [3.8, 4) is 0 Å². The third-order valence-electron chi connectivity index (χ3n) is 2.66. The molecule has 0 rings (SSSR count). The Morgan fingerprint density at radius 3 is 1.19 bits per heavy atom. The maximum Gasteiger partial charge on any atom is 1.00 e. The molecule has 0 aromatic carbocycles. The summed E-state index contributed by atoms with van der Waals surface area (Å²) in [6, 6.07) is 0. The summed E-state index contributed by atoms with van der Waals surface area (Å²) in [7, 11) is -5.77. The Morgan fingerprint density at radius 1 is 0.615 bits per heavy atom. The van der Waals surface area contributed by atoms with E-state index in [9.17, 15) is 70.0 Å². The van der Waals surface area contributed by atoms with Crippen LogP contribution in [0.15, 0.2) is 0 Å². The maximum absolute atomic E-state index is 13.0. The molecule has 0 aliphatic carbocycles. The van der Waals surface area contributed by atoms with Crippen LogP contribution in [0.25, 0.3) is 0 Å². The Balaban J connectivity index is 0. The van der Waals surface area contributed by atoms with Gasteiger partial charge in [0, 0.05) is 12.2 Å². The molecule has 0 fully saturated rings. The first-order valence-corrected chi connectivity index (χ1v) is 6.93. The smallest absolute Gasteiger partial charge is 0.748 e. The van der Waals surface area contributed by atoms with Gasteiger partial charge < -0.3 is 4.55 Å². The standard InChI is InChI=1S/C8H5F13O3S.Na/c9-3(10,1-2-25(22,23)24)4(11,12)5(13,14)6(15,16)7(17,18)8(19,20)21;/h1-2H2,(H,22,23,24);/q;+1/p-1/i2+1;. The molecule has 0 N–H and O–H groups in total. The molecule has 0 amide bonds. The zero-order valence-corrected chi connectivity index (χ0v) is 14.8. The molecule has 0 saturated heterocycles. The van der Waals surface area contributed by atoms with Gasteiger partial charge in [0.15, 0.2) is 0 Å². The van der Waals surface area contributed by atoms with E-state index in [1.54, 1.807) is 0 Å². The normalized spacial score (nSPS) is 15.6. The van der Waals surface area contributed by atoms with E-state index in [0.29, 0.717) is 0 Å². The molecule has 0 radical (unpaired) electrons. The Morgan fingerprint density at radius 2 is 0.923 bits per heavy atom. The second-order valence-electron chi connectivity index (χ2n) is 4.51. The summed E-state index contributed by atoms with van der Waals surface area (Å²) in [6.45, 7) is 0. The molecule has 0 atom stereocenters. The molecule has 3 nitrogen and oxygen atoms in total. The van der Waals surface area contributed by atoms with Gasteiger partial charge in [0.1, 0.15) is 0 Å². The van der Waals surface area contributed by atoms with Crippen LogP contribution in [0.3, 0.4) is 0 Å². The van der Waals surface area contributed by atoms with Crippen molar-refractivity contribution in [2.75, 3.05) is 5.75 Å². The molecule has 0 bridgehead atoms. The molecule has 0 aliphatic heterocycles. The first kappa shape index (κ1) is 28.2. The minimum Gasteiger partial charge on any atom is -0.748 e. The van der Waals surface area contributed by atoms with Gasteiger partial charge in [-0.05, 0) is 0 Å². The summed E-state index contributed by atoms with van der Waals surface area (Å²) in [5.41, 5.74) is 0. The number of halogens is 13. The van der Waals surface area contributed by atoms with Crippen LogP contribution >= 0.6 is 0 Å². The molecule has 0 spiro atoms. The van der Waals surface area contributed by atoms with Gasteiger partial charge in [-0.15, -0.1) is 0 Å². The SMILES string of the molecule is O=S(=O)([O-])[13CH2]CC(F)(F)C(F)(F)C(F)(F)C(F)(F)C(F)(F)C(F)(F)F.[Na+]. The van der Waals surface area contributed by atoms with Crippen molar-refractivity contribution in [2.24, 2.45) is 0 Å². The van der Waals surface area contributed by atoms with E-state index in [4.69, 9.17) is 0 Å². The monoisotopic (exact) mass is 451 g/mol. The number of hydrogen-bond acceptors (Lipinski definition) is 3. The van der Waals surface area contributed by atoms with Gasteiger partial charge in [0.25, 0.3) is 0 Å². The Hall–Kier alpha value is -0.000000000000000444. The summed E-state index contributed by atoms with van der Waals surface area (Å²) in [6.07, 6.45) is -10.6. The van der Waals surface area contributed by atoms with E-state index in [1.807, 2.05) is 0 Å². The Labute approximate surface area is 157 Å². The van der Waals surface area contributed by atoms with Gasteiger partial charge in [-0.25, -0.2) is 8.42 Å². The quantitative estimate of drug-likeness (QED) is 0.248. The van der Waals surface area contributed by atoms with E-state index in [0.717, 1.165) is 0 Å². The van der Waals surface area contributed by atoms with Crippen molar-refractivity contribution in [2.45, 2.75) is 42.2 Å². The third-order valence-corrected chi connectivity index (χ3v) is 3.37. The molecule has 26 heavy (non-hydrogen) atoms. The van der Waals surface area contributed by atoms with E-state index in [-0.39, 0.29) is 29.6 Å². The molecule has 0 aromatic rings. The Kier molecular flexibility index (Phi) is 8.07. The molecule has 0 heterocycles. The molecule has 0 aromatic heterocycles. The molecular formula is C8H4F13NaO3S. The summed E-state index contributed by atoms with van der Waals surface area (Å²) < 4.78 is 193. The molecule has 0 saturated carbocycles. The van der Waals surface area contributed by atoms with Gasteiger partial charge in [-0.3, -0.25) is 0 Å². The zero-order valence-electron chi connectivity index (χ0n) is 12.0. The average molecular weight is 451 g/mol. The van der Waals surface area contributed by atoms with Gasteiger partial charge in [0.2, 0.25) is 0 Å². The van der Waals surface area contributed by atoms with Crippen LogP contribution in [-0.4, -0.2) is 54.5 Å². The molecule has 0 unspecified atom stereocenters.